The molecule has 0 aliphatic heterocycles. The quantitative estimate of drug-likeness (QED) is 0.0195. The van der Waals surface area contributed by atoms with E-state index in [0.717, 1.165) is 89.9 Å². The van der Waals surface area contributed by atoms with Crippen LogP contribution in [0.2, 0.25) is 0 Å². The van der Waals surface area contributed by atoms with E-state index in [-0.39, 0.29) is 26.1 Å². The Bertz CT molecular complexity index is 1650. The minimum Gasteiger partial charge on any atom is -0.756 e. The van der Waals surface area contributed by atoms with Crippen LogP contribution in [0.15, 0.2) is 109 Å². The van der Waals surface area contributed by atoms with E-state index >= 15 is 0 Å². The van der Waals surface area contributed by atoms with E-state index in [2.05, 4.69) is 123 Å². The van der Waals surface area contributed by atoms with Crippen molar-refractivity contribution < 1.29 is 42.1 Å². The molecule has 0 rings (SSSR count). The van der Waals surface area contributed by atoms with Gasteiger partial charge in [0.2, 0.25) is 0 Å². The number of phosphoric ester groups is 1. The molecular weight excluding hydrogens is 966 g/mol. The van der Waals surface area contributed by atoms with E-state index in [4.69, 9.17) is 18.5 Å². The first-order valence-electron chi connectivity index (χ1n) is 30.6. The van der Waals surface area contributed by atoms with E-state index < -0.39 is 32.5 Å². The molecule has 0 aliphatic rings. The van der Waals surface area contributed by atoms with Gasteiger partial charge in [-0.1, -0.05) is 239 Å². The van der Waals surface area contributed by atoms with Crippen molar-refractivity contribution in [3.8, 4) is 0 Å². The Hall–Kier alpha value is -3.33. The Balaban J connectivity index is 4.22. The Morgan fingerprint density at radius 3 is 1.13 bits per heavy atom. The number of carbonyl (C=O) groups is 2. The van der Waals surface area contributed by atoms with Crippen molar-refractivity contribution in [2.24, 2.45) is 0 Å². The number of nitrogens with zero attached hydrogens (tertiary/aromatic N) is 1. The van der Waals surface area contributed by atoms with Crippen LogP contribution < -0.4 is 4.89 Å². The summed E-state index contributed by atoms with van der Waals surface area (Å²) in [4.78, 5) is 37.9. The fraction of sp³-hybridized carbons (Fsp3) is 0.697. The second-order valence-electron chi connectivity index (χ2n) is 21.3. The Labute approximate surface area is 467 Å². The summed E-state index contributed by atoms with van der Waals surface area (Å²) in [7, 11) is 1.13. The first kappa shape index (κ1) is 72.7. The van der Waals surface area contributed by atoms with Gasteiger partial charge in [-0.05, 0) is 103 Å². The summed E-state index contributed by atoms with van der Waals surface area (Å²) in [6.45, 7) is 4.08. The number of unbranched alkanes of at least 4 members (excludes halogenated alkanes) is 23. The average molecular weight is 1080 g/mol. The smallest absolute Gasteiger partial charge is 0.306 e. The van der Waals surface area contributed by atoms with Gasteiger partial charge in [-0.3, -0.25) is 14.2 Å². The van der Waals surface area contributed by atoms with Gasteiger partial charge in [0.05, 0.1) is 27.7 Å². The topological polar surface area (TPSA) is 111 Å². The number of quaternary nitrogens is 1. The van der Waals surface area contributed by atoms with Crippen molar-refractivity contribution in [3.63, 3.8) is 0 Å². The maximum Gasteiger partial charge on any atom is 0.306 e. The number of allylic oxidation sites excluding steroid dienone is 18. The highest BCUT2D eigenvalue weighted by atomic mass is 31.2. The van der Waals surface area contributed by atoms with Crippen molar-refractivity contribution in [2.45, 2.75) is 251 Å². The molecule has 0 aliphatic carbocycles. The molecular formula is C66H114NO8P. The summed E-state index contributed by atoms with van der Waals surface area (Å²) < 4.78 is 34.2. The second kappa shape index (κ2) is 56.4. The third-order valence-electron chi connectivity index (χ3n) is 12.8. The van der Waals surface area contributed by atoms with Crippen molar-refractivity contribution in [1.29, 1.82) is 0 Å². The van der Waals surface area contributed by atoms with Crippen LogP contribution >= 0.6 is 7.82 Å². The van der Waals surface area contributed by atoms with Crippen LogP contribution in [0.25, 0.3) is 0 Å². The maximum atomic E-state index is 12.8. The van der Waals surface area contributed by atoms with Gasteiger partial charge in [0, 0.05) is 12.8 Å². The van der Waals surface area contributed by atoms with Crippen molar-refractivity contribution in [1.82, 2.24) is 0 Å². The fourth-order valence-electron chi connectivity index (χ4n) is 8.08. The number of esters is 2. The van der Waals surface area contributed by atoms with Crippen LogP contribution in [0.4, 0.5) is 0 Å². The summed E-state index contributed by atoms with van der Waals surface area (Å²) >= 11 is 0. The predicted molar refractivity (Wildman–Crippen MR) is 323 cm³/mol. The summed E-state index contributed by atoms with van der Waals surface area (Å²) in [6, 6.07) is 0. The maximum absolute atomic E-state index is 12.8. The number of hydrogen-bond acceptors (Lipinski definition) is 8. The van der Waals surface area contributed by atoms with E-state index in [1.807, 2.05) is 21.1 Å². The summed E-state index contributed by atoms with van der Waals surface area (Å²) in [6.07, 6.45) is 78.6. The Kier molecular flexibility index (Phi) is 53.9. The fourth-order valence-corrected chi connectivity index (χ4v) is 8.81. The first-order valence-corrected chi connectivity index (χ1v) is 32.1. The molecule has 0 radical (unpaired) electrons. The summed E-state index contributed by atoms with van der Waals surface area (Å²) in [5.74, 6) is -0.874. The molecule has 0 bridgehead atoms. The van der Waals surface area contributed by atoms with Gasteiger partial charge in [0.1, 0.15) is 19.8 Å². The molecule has 76 heavy (non-hydrogen) atoms. The van der Waals surface area contributed by atoms with Gasteiger partial charge < -0.3 is 27.9 Å². The Morgan fingerprint density at radius 2 is 0.750 bits per heavy atom. The molecule has 0 amide bonds. The molecule has 0 saturated carbocycles. The lowest BCUT2D eigenvalue weighted by Gasteiger charge is -2.28. The van der Waals surface area contributed by atoms with Crippen molar-refractivity contribution in [3.05, 3.63) is 109 Å². The number of carbonyl (C=O) groups excluding carboxylic acids is 2. The number of ether oxygens (including phenoxy) is 2. The number of rotatable bonds is 55. The van der Waals surface area contributed by atoms with E-state index in [1.54, 1.807) is 0 Å². The van der Waals surface area contributed by atoms with Crippen LogP contribution in [0.3, 0.4) is 0 Å². The number of likely N-dealkylation sites (N-methyl/N-ethyl adjacent to an activating group) is 1. The lowest BCUT2D eigenvalue weighted by atomic mass is 10.0. The molecule has 0 aromatic rings. The zero-order valence-corrected chi connectivity index (χ0v) is 50.3. The minimum absolute atomic E-state index is 0.0430. The molecule has 10 heteroatoms. The van der Waals surface area contributed by atoms with Gasteiger partial charge in [0.15, 0.2) is 6.10 Å². The predicted octanol–water partition coefficient (Wildman–Crippen LogP) is 18.7. The molecule has 2 atom stereocenters. The molecule has 0 saturated heterocycles. The van der Waals surface area contributed by atoms with Gasteiger partial charge >= 0.3 is 11.9 Å². The summed E-state index contributed by atoms with van der Waals surface area (Å²) in [5, 5.41) is 0. The van der Waals surface area contributed by atoms with E-state index in [0.29, 0.717) is 17.4 Å². The minimum atomic E-state index is -4.65. The first-order chi connectivity index (χ1) is 37.0. The van der Waals surface area contributed by atoms with Gasteiger partial charge in [-0.25, -0.2) is 0 Å². The van der Waals surface area contributed by atoms with Crippen LogP contribution in [-0.2, 0) is 32.7 Å². The zero-order chi connectivity index (χ0) is 55.6. The monoisotopic (exact) mass is 1080 g/mol. The third-order valence-corrected chi connectivity index (χ3v) is 13.7. The molecule has 0 heterocycles. The number of hydrogen-bond donors (Lipinski definition) is 0. The SMILES string of the molecule is CC/C=C\C/C=C\C/C=C\C/C=C\C/C=C\C/C=C\C/C=C\CCCCCC(=O)OC(COC(=O)CCCCCCCCCCCCCCCCC/C=C\C/C=C\CCCCCCC)COP(=O)([O-])OCC[N+](C)(C)C. The van der Waals surface area contributed by atoms with Crippen molar-refractivity contribution in [2.75, 3.05) is 47.5 Å². The van der Waals surface area contributed by atoms with Crippen LogP contribution in [0.5, 0.6) is 0 Å². The van der Waals surface area contributed by atoms with Crippen LogP contribution in [0.1, 0.15) is 245 Å². The highest BCUT2D eigenvalue weighted by molar-refractivity contribution is 7.45. The molecule has 0 N–H and O–H groups in total. The number of phosphoric acid groups is 1. The van der Waals surface area contributed by atoms with Crippen LogP contribution in [0, 0.1) is 0 Å². The van der Waals surface area contributed by atoms with Gasteiger partial charge in [0.25, 0.3) is 7.82 Å². The second-order valence-corrected chi connectivity index (χ2v) is 22.7. The largest absolute Gasteiger partial charge is 0.756 e. The lowest BCUT2D eigenvalue weighted by Crippen LogP contribution is -2.37. The van der Waals surface area contributed by atoms with Gasteiger partial charge in [-0.2, -0.15) is 0 Å². The Morgan fingerprint density at radius 1 is 0.421 bits per heavy atom. The molecule has 436 valence electrons. The van der Waals surface area contributed by atoms with Crippen LogP contribution in [-0.4, -0.2) is 70.0 Å². The highest BCUT2D eigenvalue weighted by Crippen LogP contribution is 2.38. The average Bonchev–Trinajstić information content (AvgIpc) is 3.38. The molecule has 0 aromatic carbocycles. The molecule has 0 fully saturated rings. The zero-order valence-electron chi connectivity index (χ0n) is 49.4. The van der Waals surface area contributed by atoms with E-state index in [9.17, 15) is 19.0 Å². The molecule has 2 unspecified atom stereocenters. The normalized spacial score (nSPS) is 14.0. The van der Waals surface area contributed by atoms with E-state index in [1.165, 1.54) is 122 Å². The highest BCUT2D eigenvalue weighted by Gasteiger charge is 2.21. The third kappa shape index (κ3) is 59.9. The molecule has 0 spiro atoms. The molecule has 9 nitrogen and oxygen atoms in total. The lowest BCUT2D eigenvalue weighted by molar-refractivity contribution is -0.870. The molecule has 0 aromatic heterocycles. The standard InChI is InChI=1S/C66H114NO8P/c1-6-8-10-12-14-16-18-20-22-24-26-28-30-32-33-35-36-38-40-42-44-46-48-50-52-54-56-58-65(68)72-62-64(63-74-76(70,71)73-61-60-67(3,4)5)75-66(69)59-57-55-53-51-49-47-45-43-41-39-37-34-31-29-27-25-23-21-19-17-15-13-11-9-7-2/h9,11,15,17-18,20-21,23-24,26-27,29,34,37,41,43,47,49,64H,6-8,10,12-14,16,19,22,25,28,30-33,35-36,38-40,42,44-46,48,50-63H2,1-5H3/b11-9-,17-15-,20-18-,23-21-,26-24-,29-27-,37-34-,43-41-,49-47-. The van der Waals surface area contributed by atoms with Crippen molar-refractivity contribution >= 4 is 19.8 Å². The van der Waals surface area contributed by atoms with Gasteiger partial charge in [-0.15, -0.1) is 0 Å². The summed E-state index contributed by atoms with van der Waals surface area (Å²) in [5.41, 5.74) is 0.